The van der Waals surface area contributed by atoms with Crippen molar-refractivity contribution in [3.63, 3.8) is 0 Å². The summed E-state index contributed by atoms with van der Waals surface area (Å²) in [6.45, 7) is 9.64. The van der Waals surface area contributed by atoms with Crippen LogP contribution < -0.4 is 5.32 Å². The molecule has 0 aliphatic heterocycles. The van der Waals surface area contributed by atoms with Crippen molar-refractivity contribution in [3.8, 4) is 0 Å². The number of nitrogens with zero attached hydrogens (tertiary/aromatic N) is 1. The summed E-state index contributed by atoms with van der Waals surface area (Å²) < 4.78 is 5.15. The van der Waals surface area contributed by atoms with E-state index in [0.717, 1.165) is 25.7 Å². The maximum Gasteiger partial charge on any atom is 0.407 e. The lowest BCUT2D eigenvalue weighted by Gasteiger charge is -2.30. The summed E-state index contributed by atoms with van der Waals surface area (Å²) in [5.74, 6) is 0.610. The molecule has 1 aliphatic carbocycles. The summed E-state index contributed by atoms with van der Waals surface area (Å²) in [6.07, 6.45) is 5.29. The Kier molecular flexibility index (Phi) is 9.13. The molecule has 0 aromatic heterocycles. The Morgan fingerprint density at radius 2 is 1.75 bits per heavy atom. The van der Waals surface area contributed by atoms with Crippen LogP contribution >= 0.6 is 11.8 Å². The zero-order valence-electron chi connectivity index (χ0n) is 15.9. The monoisotopic (exact) mass is 358 g/mol. The van der Waals surface area contributed by atoms with Crippen molar-refractivity contribution in [3.05, 3.63) is 0 Å². The molecule has 1 saturated carbocycles. The average molecular weight is 359 g/mol. The first-order valence-corrected chi connectivity index (χ1v) is 10.2. The summed E-state index contributed by atoms with van der Waals surface area (Å²) in [5.41, 5.74) is 0. The first-order valence-electron chi connectivity index (χ1n) is 9.01. The number of ether oxygens (including phenoxy) is 1. The van der Waals surface area contributed by atoms with E-state index in [1.54, 1.807) is 11.8 Å². The molecule has 1 amide bonds. The highest BCUT2D eigenvalue weighted by atomic mass is 32.2. The summed E-state index contributed by atoms with van der Waals surface area (Å²) in [6, 6.07) is 0.314. The van der Waals surface area contributed by atoms with E-state index in [1.165, 1.54) is 5.04 Å². The predicted octanol–water partition coefficient (Wildman–Crippen LogP) is 3.85. The standard InChI is InChI=1S/C18H34N2O3S/c1-11(2)23-18(22)20-16-9-7-15(8-10-16)17(24-6)19-13(4)12(3)14(5)21/h11-16,21H,7-10H2,1-6H3,(H,20,22)/b19-17-/t12-,13+,14?,15?,16?/m0/s1. The number of thioether (sulfide) groups is 1. The summed E-state index contributed by atoms with van der Waals surface area (Å²) in [5, 5.41) is 13.9. The van der Waals surface area contributed by atoms with Crippen LogP contribution in [0.3, 0.4) is 0 Å². The minimum Gasteiger partial charge on any atom is -0.447 e. The fourth-order valence-corrected chi connectivity index (χ4v) is 3.79. The van der Waals surface area contributed by atoms with E-state index < -0.39 is 0 Å². The van der Waals surface area contributed by atoms with Gasteiger partial charge in [-0.1, -0.05) is 6.92 Å². The number of nitrogens with one attached hydrogen (secondary N) is 1. The molecule has 3 atom stereocenters. The Bertz CT molecular complexity index is 418. The van der Waals surface area contributed by atoms with Crippen LogP contribution in [0, 0.1) is 11.8 Å². The van der Waals surface area contributed by atoms with E-state index in [0.29, 0.717) is 5.92 Å². The van der Waals surface area contributed by atoms with Gasteiger partial charge in [-0.25, -0.2) is 4.79 Å². The van der Waals surface area contributed by atoms with Gasteiger partial charge in [-0.05, 0) is 59.6 Å². The number of aliphatic hydroxyl groups is 1. The van der Waals surface area contributed by atoms with Crippen LogP contribution in [0.5, 0.6) is 0 Å². The smallest absolute Gasteiger partial charge is 0.407 e. The first kappa shape index (κ1) is 21.3. The molecule has 1 unspecified atom stereocenters. The number of alkyl carbamates (subject to hydrolysis) is 1. The molecule has 0 aromatic carbocycles. The second-order valence-electron chi connectivity index (χ2n) is 7.16. The zero-order valence-corrected chi connectivity index (χ0v) is 16.7. The van der Waals surface area contributed by atoms with Gasteiger partial charge in [-0.3, -0.25) is 4.99 Å². The van der Waals surface area contributed by atoms with Gasteiger partial charge in [0.05, 0.1) is 23.3 Å². The van der Waals surface area contributed by atoms with Crippen LogP contribution in [0.2, 0.25) is 0 Å². The van der Waals surface area contributed by atoms with Gasteiger partial charge in [0, 0.05) is 17.9 Å². The minimum atomic E-state index is -0.348. The summed E-state index contributed by atoms with van der Waals surface area (Å²) in [7, 11) is 0. The maximum absolute atomic E-state index is 11.7. The van der Waals surface area contributed by atoms with Crippen molar-refractivity contribution < 1.29 is 14.6 Å². The molecule has 5 nitrogen and oxygen atoms in total. The van der Waals surface area contributed by atoms with Gasteiger partial charge in [-0.2, -0.15) is 0 Å². The highest BCUT2D eigenvalue weighted by Gasteiger charge is 2.27. The molecular weight excluding hydrogens is 324 g/mol. The molecular formula is C18H34N2O3S. The Labute approximate surface area is 151 Å². The third-order valence-corrected chi connectivity index (χ3v) is 5.66. The molecule has 6 heteroatoms. The average Bonchev–Trinajstić information content (AvgIpc) is 2.51. The van der Waals surface area contributed by atoms with E-state index in [4.69, 9.17) is 9.73 Å². The summed E-state index contributed by atoms with van der Waals surface area (Å²) in [4.78, 5) is 16.6. The number of carbonyl (C=O) groups is 1. The quantitative estimate of drug-likeness (QED) is 0.559. The van der Waals surface area contributed by atoms with E-state index in [9.17, 15) is 9.90 Å². The molecule has 0 bridgehead atoms. The molecule has 0 aromatic rings. The fourth-order valence-electron chi connectivity index (χ4n) is 2.95. The van der Waals surface area contributed by atoms with Crippen LogP contribution in [-0.4, -0.2) is 46.8 Å². The Balaban J connectivity index is 2.53. The van der Waals surface area contributed by atoms with Gasteiger partial charge >= 0.3 is 6.09 Å². The number of aliphatic hydroxyl groups excluding tert-OH is 1. The van der Waals surface area contributed by atoms with Gasteiger partial charge in [0.15, 0.2) is 0 Å². The van der Waals surface area contributed by atoms with Gasteiger partial charge in [-0.15, -0.1) is 11.8 Å². The van der Waals surface area contributed by atoms with Crippen molar-refractivity contribution >= 4 is 22.9 Å². The first-order chi connectivity index (χ1) is 11.2. The van der Waals surface area contributed by atoms with Crippen LogP contribution in [0.15, 0.2) is 4.99 Å². The highest BCUT2D eigenvalue weighted by Crippen LogP contribution is 2.30. The zero-order chi connectivity index (χ0) is 18.3. The lowest BCUT2D eigenvalue weighted by Crippen LogP contribution is -2.39. The SMILES string of the molecule is CS/C(=N\[C@H](C)[C@H](C)C(C)O)C1CCC(NC(=O)OC(C)C)CC1. The second-order valence-corrected chi connectivity index (χ2v) is 7.99. The topological polar surface area (TPSA) is 70.9 Å². The van der Waals surface area contributed by atoms with Crippen LogP contribution in [0.25, 0.3) is 0 Å². The summed E-state index contributed by atoms with van der Waals surface area (Å²) >= 11 is 1.71. The second kappa shape index (κ2) is 10.3. The number of hydrogen-bond donors (Lipinski definition) is 2. The molecule has 0 radical (unpaired) electrons. The number of amides is 1. The molecule has 1 rings (SSSR count). The van der Waals surface area contributed by atoms with E-state index in [-0.39, 0.29) is 36.3 Å². The molecule has 0 saturated heterocycles. The van der Waals surface area contributed by atoms with Crippen molar-refractivity contribution in [2.75, 3.05) is 6.26 Å². The normalized spacial score (nSPS) is 25.9. The van der Waals surface area contributed by atoms with Gasteiger partial charge in [0.2, 0.25) is 0 Å². The number of hydrogen-bond acceptors (Lipinski definition) is 5. The number of carbonyl (C=O) groups excluding carboxylic acids is 1. The molecule has 2 N–H and O–H groups in total. The maximum atomic E-state index is 11.7. The van der Waals surface area contributed by atoms with Crippen molar-refractivity contribution in [1.82, 2.24) is 5.32 Å². The van der Waals surface area contributed by atoms with Crippen molar-refractivity contribution in [2.24, 2.45) is 16.8 Å². The van der Waals surface area contributed by atoms with Crippen molar-refractivity contribution in [2.45, 2.75) is 84.6 Å². The van der Waals surface area contributed by atoms with Gasteiger partial charge in [0.25, 0.3) is 0 Å². The molecule has 0 heterocycles. The van der Waals surface area contributed by atoms with Crippen LogP contribution in [0.1, 0.15) is 60.3 Å². The van der Waals surface area contributed by atoms with Gasteiger partial charge < -0.3 is 15.2 Å². The van der Waals surface area contributed by atoms with E-state index in [2.05, 4.69) is 18.5 Å². The lowest BCUT2D eigenvalue weighted by atomic mass is 9.86. The van der Waals surface area contributed by atoms with Crippen LogP contribution in [0.4, 0.5) is 4.79 Å². The number of rotatable bonds is 6. The molecule has 1 aliphatic rings. The molecule has 0 spiro atoms. The van der Waals surface area contributed by atoms with Crippen LogP contribution in [-0.2, 0) is 4.74 Å². The Morgan fingerprint density at radius 3 is 2.21 bits per heavy atom. The fraction of sp³-hybridized carbons (Fsp3) is 0.889. The minimum absolute atomic E-state index is 0.0889. The van der Waals surface area contributed by atoms with Gasteiger partial charge in [0.1, 0.15) is 0 Å². The van der Waals surface area contributed by atoms with E-state index >= 15 is 0 Å². The molecule has 140 valence electrons. The Morgan fingerprint density at radius 1 is 1.17 bits per heavy atom. The number of aliphatic imine (C=N–C) groups is 1. The predicted molar refractivity (Wildman–Crippen MR) is 102 cm³/mol. The Hall–Kier alpha value is -0.750. The van der Waals surface area contributed by atoms with E-state index in [1.807, 2.05) is 27.7 Å². The third kappa shape index (κ3) is 7.01. The largest absolute Gasteiger partial charge is 0.447 e. The molecule has 24 heavy (non-hydrogen) atoms. The highest BCUT2D eigenvalue weighted by molar-refractivity contribution is 8.13. The molecule has 1 fully saturated rings. The lowest BCUT2D eigenvalue weighted by molar-refractivity contribution is 0.109. The van der Waals surface area contributed by atoms with Crippen molar-refractivity contribution in [1.29, 1.82) is 0 Å². The third-order valence-electron chi connectivity index (χ3n) is 4.80.